The maximum Gasteiger partial charge on any atom is 0.266 e. The van der Waals surface area contributed by atoms with E-state index in [1.807, 2.05) is 56.3 Å². The fraction of sp³-hybridized carbons (Fsp3) is 0.200. The standard InChI is InChI=1S/C20H19BrN2O2/c1-3-10-25-19-9-8-17(21)12-15(19)11-16(13-22)20(24)23-18-7-5-4-6-14(18)2/h4-9,11-12H,3,10H2,1-2H3,(H,23,24)/b16-11+. The molecule has 0 saturated heterocycles. The van der Waals surface area contributed by atoms with Crippen LogP contribution in [0.25, 0.3) is 6.08 Å². The summed E-state index contributed by atoms with van der Waals surface area (Å²) < 4.78 is 6.54. The second-order valence-electron chi connectivity index (χ2n) is 5.47. The van der Waals surface area contributed by atoms with Crippen molar-refractivity contribution in [3.63, 3.8) is 0 Å². The Balaban J connectivity index is 2.31. The van der Waals surface area contributed by atoms with Gasteiger partial charge < -0.3 is 10.1 Å². The van der Waals surface area contributed by atoms with E-state index in [9.17, 15) is 10.1 Å². The lowest BCUT2D eigenvalue weighted by molar-refractivity contribution is -0.112. The van der Waals surface area contributed by atoms with Gasteiger partial charge in [-0.1, -0.05) is 41.1 Å². The number of aryl methyl sites for hydroxylation is 1. The average molecular weight is 399 g/mol. The van der Waals surface area contributed by atoms with Gasteiger partial charge in [0.1, 0.15) is 17.4 Å². The van der Waals surface area contributed by atoms with Crippen LogP contribution in [0.1, 0.15) is 24.5 Å². The minimum atomic E-state index is -0.446. The smallest absolute Gasteiger partial charge is 0.266 e. The summed E-state index contributed by atoms with van der Waals surface area (Å²) in [6, 6.07) is 14.9. The molecule has 0 aromatic heterocycles. The third-order valence-corrected chi connectivity index (χ3v) is 3.98. The molecule has 0 saturated carbocycles. The van der Waals surface area contributed by atoms with E-state index in [-0.39, 0.29) is 5.57 Å². The van der Waals surface area contributed by atoms with Crippen LogP contribution < -0.4 is 10.1 Å². The first-order valence-electron chi connectivity index (χ1n) is 7.96. The average Bonchev–Trinajstić information content (AvgIpc) is 2.60. The number of nitrogens with zero attached hydrogens (tertiary/aromatic N) is 1. The van der Waals surface area contributed by atoms with Crippen LogP contribution in [0, 0.1) is 18.3 Å². The highest BCUT2D eigenvalue weighted by Gasteiger charge is 2.12. The molecule has 2 rings (SSSR count). The van der Waals surface area contributed by atoms with Gasteiger partial charge in [0.05, 0.1) is 6.61 Å². The topological polar surface area (TPSA) is 62.1 Å². The minimum absolute atomic E-state index is 0.0164. The Morgan fingerprint density at radius 1 is 1.32 bits per heavy atom. The molecular weight excluding hydrogens is 380 g/mol. The normalized spacial score (nSPS) is 10.9. The molecule has 0 bridgehead atoms. The van der Waals surface area contributed by atoms with Crippen molar-refractivity contribution in [3.05, 3.63) is 63.6 Å². The Morgan fingerprint density at radius 2 is 2.08 bits per heavy atom. The van der Waals surface area contributed by atoms with Crippen LogP contribution in [0.15, 0.2) is 52.5 Å². The van der Waals surface area contributed by atoms with Gasteiger partial charge in [-0.3, -0.25) is 4.79 Å². The minimum Gasteiger partial charge on any atom is -0.493 e. The molecule has 4 nitrogen and oxygen atoms in total. The van der Waals surface area contributed by atoms with Gasteiger partial charge in [-0.25, -0.2) is 0 Å². The zero-order valence-corrected chi connectivity index (χ0v) is 15.8. The molecule has 1 N–H and O–H groups in total. The van der Waals surface area contributed by atoms with Crippen LogP contribution in [-0.4, -0.2) is 12.5 Å². The van der Waals surface area contributed by atoms with Gasteiger partial charge in [0.15, 0.2) is 0 Å². The highest BCUT2D eigenvalue weighted by atomic mass is 79.9. The highest BCUT2D eigenvalue weighted by Crippen LogP contribution is 2.26. The maximum absolute atomic E-state index is 12.5. The Kier molecular flexibility index (Phi) is 6.79. The number of para-hydroxylation sites is 1. The van der Waals surface area contributed by atoms with Crippen molar-refractivity contribution in [2.45, 2.75) is 20.3 Å². The van der Waals surface area contributed by atoms with Gasteiger partial charge in [-0.05, 0) is 49.2 Å². The quantitative estimate of drug-likeness (QED) is 0.544. The number of hydrogen-bond donors (Lipinski definition) is 1. The summed E-state index contributed by atoms with van der Waals surface area (Å²) in [5.74, 6) is 0.194. The van der Waals surface area contributed by atoms with E-state index in [0.29, 0.717) is 23.6 Å². The first kappa shape index (κ1) is 18.8. The number of carbonyl (C=O) groups is 1. The zero-order chi connectivity index (χ0) is 18.2. The van der Waals surface area contributed by atoms with Crippen LogP contribution in [0.3, 0.4) is 0 Å². The Labute approximate surface area is 156 Å². The molecule has 2 aromatic rings. The van der Waals surface area contributed by atoms with E-state index in [0.717, 1.165) is 16.5 Å². The van der Waals surface area contributed by atoms with Crippen LogP contribution in [0.4, 0.5) is 5.69 Å². The van der Waals surface area contributed by atoms with Crippen molar-refractivity contribution in [2.24, 2.45) is 0 Å². The fourth-order valence-corrected chi connectivity index (χ4v) is 2.56. The van der Waals surface area contributed by atoms with Crippen LogP contribution in [0.5, 0.6) is 5.75 Å². The highest BCUT2D eigenvalue weighted by molar-refractivity contribution is 9.10. The molecule has 0 aliphatic rings. The zero-order valence-electron chi connectivity index (χ0n) is 14.2. The number of anilines is 1. The van der Waals surface area contributed by atoms with Gasteiger partial charge >= 0.3 is 0 Å². The summed E-state index contributed by atoms with van der Waals surface area (Å²) in [7, 11) is 0. The second kappa shape index (κ2) is 9.05. The van der Waals surface area contributed by atoms with Crippen molar-refractivity contribution in [1.29, 1.82) is 5.26 Å². The third-order valence-electron chi connectivity index (χ3n) is 3.49. The largest absolute Gasteiger partial charge is 0.493 e. The van der Waals surface area contributed by atoms with Crippen molar-refractivity contribution in [3.8, 4) is 11.8 Å². The van der Waals surface area contributed by atoms with E-state index >= 15 is 0 Å². The van der Waals surface area contributed by atoms with Crippen LogP contribution in [0.2, 0.25) is 0 Å². The van der Waals surface area contributed by atoms with Crippen molar-refractivity contribution >= 4 is 33.6 Å². The number of nitriles is 1. The summed E-state index contributed by atoms with van der Waals surface area (Å²) in [6.07, 6.45) is 2.42. The van der Waals surface area contributed by atoms with Gasteiger partial charge in [-0.2, -0.15) is 5.26 Å². The van der Waals surface area contributed by atoms with Crippen LogP contribution in [-0.2, 0) is 4.79 Å². The molecule has 0 spiro atoms. The molecule has 5 heteroatoms. The summed E-state index contributed by atoms with van der Waals surface area (Å²) >= 11 is 3.41. The van der Waals surface area contributed by atoms with E-state index < -0.39 is 5.91 Å². The molecule has 0 radical (unpaired) electrons. The molecule has 2 aromatic carbocycles. The molecule has 0 heterocycles. The first-order chi connectivity index (χ1) is 12.0. The van der Waals surface area contributed by atoms with Gasteiger partial charge in [0.2, 0.25) is 0 Å². The first-order valence-corrected chi connectivity index (χ1v) is 8.75. The Bertz CT molecular complexity index is 838. The van der Waals surface area contributed by atoms with Crippen molar-refractivity contribution < 1.29 is 9.53 Å². The lowest BCUT2D eigenvalue weighted by atomic mass is 10.1. The maximum atomic E-state index is 12.5. The summed E-state index contributed by atoms with van der Waals surface area (Å²) in [5.41, 5.74) is 2.31. The molecule has 1 amide bonds. The molecule has 0 fully saturated rings. The number of carbonyl (C=O) groups excluding carboxylic acids is 1. The van der Waals surface area contributed by atoms with Gasteiger partial charge in [-0.15, -0.1) is 0 Å². The fourth-order valence-electron chi connectivity index (χ4n) is 2.18. The van der Waals surface area contributed by atoms with E-state index in [1.54, 1.807) is 12.1 Å². The molecule has 0 unspecified atom stereocenters. The van der Waals surface area contributed by atoms with Gasteiger partial charge in [0.25, 0.3) is 5.91 Å². The number of nitrogens with one attached hydrogen (secondary N) is 1. The summed E-state index contributed by atoms with van der Waals surface area (Å²) in [6.45, 7) is 4.49. The number of ether oxygens (including phenoxy) is 1. The monoisotopic (exact) mass is 398 g/mol. The summed E-state index contributed by atoms with van der Waals surface area (Å²) in [5, 5.41) is 12.2. The molecule has 128 valence electrons. The van der Waals surface area contributed by atoms with E-state index in [4.69, 9.17) is 4.74 Å². The Morgan fingerprint density at radius 3 is 2.76 bits per heavy atom. The third kappa shape index (κ3) is 5.20. The molecule has 0 atom stereocenters. The Hall–Kier alpha value is -2.58. The molecule has 0 aliphatic heterocycles. The van der Waals surface area contributed by atoms with Crippen LogP contribution >= 0.6 is 15.9 Å². The molecular formula is C20H19BrN2O2. The summed E-state index contributed by atoms with van der Waals surface area (Å²) in [4.78, 5) is 12.5. The molecule has 0 aliphatic carbocycles. The van der Waals surface area contributed by atoms with Gasteiger partial charge in [0, 0.05) is 15.7 Å². The molecule has 25 heavy (non-hydrogen) atoms. The number of rotatable bonds is 6. The van der Waals surface area contributed by atoms with E-state index in [2.05, 4.69) is 21.2 Å². The predicted octanol–water partition coefficient (Wildman–Crippen LogP) is 5.09. The van der Waals surface area contributed by atoms with E-state index in [1.165, 1.54) is 0 Å². The predicted molar refractivity (Wildman–Crippen MR) is 103 cm³/mol. The second-order valence-corrected chi connectivity index (χ2v) is 6.39. The number of halogens is 1. The number of amides is 1. The van der Waals surface area contributed by atoms with Crippen molar-refractivity contribution in [1.82, 2.24) is 0 Å². The number of hydrogen-bond acceptors (Lipinski definition) is 3. The number of benzene rings is 2. The SMILES string of the molecule is CCCOc1ccc(Br)cc1/C=C(\C#N)C(=O)Nc1ccccc1C. The lowest BCUT2D eigenvalue weighted by Crippen LogP contribution is -2.14. The van der Waals surface area contributed by atoms with Crippen molar-refractivity contribution in [2.75, 3.05) is 11.9 Å². The lowest BCUT2D eigenvalue weighted by Gasteiger charge is -2.10.